The third-order valence-electron chi connectivity index (χ3n) is 3.84. The predicted octanol–water partition coefficient (Wildman–Crippen LogP) is 2.53. The van der Waals surface area contributed by atoms with Crippen molar-refractivity contribution in [3.8, 4) is 0 Å². The van der Waals surface area contributed by atoms with Crippen LogP contribution in [-0.2, 0) is 9.59 Å². The summed E-state index contributed by atoms with van der Waals surface area (Å²) in [4.78, 5) is 26.4. The quantitative estimate of drug-likeness (QED) is 0.509. The van der Waals surface area contributed by atoms with Crippen LogP contribution in [0.25, 0.3) is 0 Å². The van der Waals surface area contributed by atoms with Gasteiger partial charge in [-0.05, 0) is 25.7 Å². The van der Waals surface area contributed by atoms with E-state index in [0.29, 0.717) is 12.1 Å². The molecule has 0 atom stereocenters. The summed E-state index contributed by atoms with van der Waals surface area (Å²) >= 11 is 5.77. The SMILES string of the molecule is CN(C)CCNC=C1C(=O)CC(c2cccc(Cl)c2F)CC1=O. The molecule has 0 aromatic heterocycles. The van der Waals surface area contributed by atoms with Crippen LogP contribution < -0.4 is 5.32 Å². The van der Waals surface area contributed by atoms with Gasteiger partial charge in [-0.25, -0.2) is 4.39 Å². The molecule has 1 aromatic carbocycles. The molecule has 0 heterocycles. The van der Waals surface area contributed by atoms with Crippen LogP contribution in [-0.4, -0.2) is 43.7 Å². The zero-order valence-corrected chi connectivity index (χ0v) is 14.0. The Hall–Kier alpha value is -1.72. The van der Waals surface area contributed by atoms with Crippen molar-refractivity contribution in [3.63, 3.8) is 0 Å². The molecule has 1 aliphatic carbocycles. The summed E-state index contributed by atoms with van der Waals surface area (Å²) in [6.07, 6.45) is 1.72. The van der Waals surface area contributed by atoms with E-state index in [9.17, 15) is 14.0 Å². The minimum absolute atomic E-state index is 0.00842. The molecular weight excluding hydrogens is 319 g/mol. The standard InChI is InChI=1S/C17H20ClFN2O2/c1-21(2)7-6-20-10-13-15(22)8-11(9-16(13)23)12-4-3-5-14(18)17(12)19/h3-5,10-11,20H,6-9H2,1-2H3. The smallest absolute Gasteiger partial charge is 0.168 e. The Morgan fingerprint density at radius 1 is 1.30 bits per heavy atom. The number of ketones is 2. The van der Waals surface area contributed by atoms with Crippen molar-refractivity contribution in [1.82, 2.24) is 10.2 Å². The Kier molecular flexibility index (Phi) is 5.91. The van der Waals surface area contributed by atoms with E-state index in [4.69, 9.17) is 11.6 Å². The highest BCUT2D eigenvalue weighted by molar-refractivity contribution is 6.30. The molecule has 0 unspecified atom stereocenters. The van der Waals surface area contributed by atoms with Crippen LogP contribution in [0.1, 0.15) is 24.3 Å². The van der Waals surface area contributed by atoms with Gasteiger partial charge in [-0.15, -0.1) is 0 Å². The fourth-order valence-corrected chi connectivity index (χ4v) is 2.76. The van der Waals surface area contributed by atoms with E-state index in [2.05, 4.69) is 5.32 Å². The summed E-state index contributed by atoms with van der Waals surface area (Å²) in [6.45, 7) is 1.44. The Morgan fingerprint density at radius 2 is 1.96 bits per heavy atom. The van der Waals surface area contributed by atoms with Gasteiger partial charge in [0.1, 0.15) is 5.82 Å². The van der Waals surface area contributed by atoms with Crippen LogP contribution in [0.4, 0.5) is 4.39 Å². The predicted molar refractivity (Wildman–Crippen MR) is 88.0 cm³/mol. The molecule has 1 fully saturated rings. The molecule has 0 bridgehead atoms. The first-order valence-corrected chi connectivity index (χ1v) is 7.86. The van der Waals surface area contributed by atoms with E-state index >= 15 is 0 Å². The molecule has 0 amide bonds. The fourth-order valence-electron chi connectivity index (χ4n) is 2.57. The molecule has 2 rings (SSSR count). The molecule has 6 heteroatoms. The second kappa shape index (κ2) is 7.70. The molecule has 1 N–H and O–H groups in total. The maximum atomic E-state index is 14.1. The van der Waals surface area contributed by atoms with Crippen molar-refractivity contribution in [2.45, 2.75) is 18.8 Å². The van der Waals surface area contributed by atoms with Crippen molar-refractivity contribution in [1.29, 1.82) is 0 Å². The highest BCUT2D eigenvalue weighted by atomic mass is 35.5. The van der Waals surface area contributed by atoms with Gasteiger partial charge in [0.05, 0.1) is 10.6 Å². The summed E-state index contributed by atoms with van der Waals surface area (Å²) in [5.41, 5.74) is 0.501. The van der Waals surface area contributed by atoms with Gasteiger partial charge in [-0.2, -0.15) is 0 Å². The highest BCUT2D eigenvalue weighted by Gasteiger charge is 2.32. The Labute approximate surface area is 140 Å². The van der Waals surface area contributed by atoms with E-state index in [0.717, 1.165) is 6.54 Å². The lowest BCUT2D eigenvalue weighted by molar-refractivity contribution is -0.124. The zero-order chi connectivity index (χ0) is 17.0. The first-order valence-electron chi connectivity index (χ1n) is 7.48. The first-order chi connectivity index (χ1) is 10.9. The molecule has 4 nitrogen and oxygen atoms in total. The van der Waals surface area contributed by atoms with Crippen molar-refractivity contribution in [2.24, 2.45) is 0 Å². The number of carbonyl (C=O) groups excluding carboxylic acids is 2. The lowest BCUT2D eigenvalue weighted by Gasteiger charge is -2.23. The molecule has 1 aliphatic rings. The normalized spacial score (nSPS) is 18.5. The number of nitrogens with zero attached hydrogens (tertiary/aromatic N) is 1. The number of rotatable bonds is 5. The number of Topliss-reactive ketones (excluding diaryl/α,β-unsaturated/α-hetero) is 2. The molecule has 0 aliphatic heterocycles. The molecule has 0 spiro atoms. The Bertz CT molecular complexity index is 623. The van der Waals surface area contributed by atoms with Crippen molar-refractivity contribution >= 4 is 23.2 Å². The Morgan fingerprint density at radius 3 is 2.57 bits per heavy atom. The largest absolute Gasteiger partial charge is 0.389 e. The van der Waals surface area contributed by atoms with Gasteiger partial charge in [-0.3, -0.25) is 9.59 Å². The van der Waals surface area contributed by atoms with Crippen molar-refractivity contribution in [2.75, 3.05) is 27.2 Å². The average molecular weight is 339 g/mol. The number of allylic oxidation sites excluding steroid dienone is 1. The maximum Gasteiger partial charge on any atom is 0.168 e. The minimum atomic E-state index is -0.545. The van der Waals surface area contributed by atoms with Crippen LogP contribution in [0.2, 0.25) is 5.02 Å². The van der Waals surface area contributed by atoms with Crippen LogP contribution in [0, 0.1) is 5.82 Å². The molecule has 0 radical (unpaired) electrons. The number of likely N-dealkylation sites (N-methyl/N-ethyl adjacent to an activating group) is 1. The van der Waals surface area contributed by atoms with Gasteiger partial charge >= 0.3 is 0 Å². The van der Waals surface area contributed by atoms with Gasteiger partial charge in [0.2, 0.25) is 0 Å². The molecular formula is C17H20ClFN2O2. The number of halogens is 2. The summed E-state index contributed by atoms with van der Waals surface area (Å²) in [5, 5.41) is 2.99. The number of carbonyl (C=O) groups is 2. The molecule has 1 saturated carbocycles. The Balaban J connectivity index is 2.07. The van der Waals surface area contributed by atoms with Gasteiger partial charge in [0, 0.05) is 38.0 Å². The summed E-state index contributed by atoms with van der Waals surface area (Å²) in [6, 6.07) is 4.66. The number of hydrogen-bond acceptors (Lipinski definition) is 4. The van der Waals surface area contributed by atoms with Crippen molar-refractivity contribution in [3.05, 3.63) is 46.4 Å². The minimum Gasteiger partial charge on any atom is -0.389 e. The van der Waals surface area contributed by atoms with Gasteiger partial charge in [0.15, 0.2) is 11.6 Å². The van der Waals surface area contributed by atoms with Gasteiger partial charge in [-0.1, -0.05) is 23.7 Å². The van der Waals surface area contributed by atoms with Crippen LogP contribution >= 0.6 is 11.6 Å². The average Bonchev–Trinajstić information content (AvgIpc) is 2.48. The second-order valence-electron chi connectivity index (χ2n) is 5.91. The monoisotopic (exact) mass is 338 g/mol. The van der Waals surface area contributed by atoms with E-state index < -0.39 is 11.7 Å². The maximum absolute atomic E-state index is 14.1. The van der Waals surface area contributed by atoms with Crippen molar-refractivity contribution < 1.29 is 14.0 Å². The zero-order valence-electron chi connectivity index (χ0n) is 13.2. The fraction of sp³-hybridized carbons (Fsp3) is 0.412. The second-order valence-corrected chi connectivity index (χ2v) is 6.32. The molecule has 23 heavy (non-hydrogen) atoms. The van der Waals surface area contributed by atoms with E-state index in [-0.39, 0.29) is 35.0 Å². The third kappa shape index (κ3) is 4.39. The molecule has 124 valence electrons. The number of nitrogens with one attached hydrogen (secondary N) is 1. The summed E-state index contributed by atoms with van der Waals surface area (Å²) < 4.78 is 14.1. The number of hydrogen-bond donors (Lipinski definition) is 1. The van der Waals surface area contributed by atoms with Crippen LogP contribution in [0.15, 0.2) is 30.0 Å². The van der Waals surface area contributed by atoms with Gasteiger partial charge in [0.25, 0.3) is 0 Å². The van der Waals surface area contributed by atoms with Gasteiger partial charge < -0.3 is 10.2 Å². The highest BCUT2D eigenvalue weighted by Crippen LogP contribution is 2.34. The molecule has 0 saturated heterocycles. The third-order valence-corrected chi connectivity index (χ3v) is 4.13. The first kappa shape index (κ1) is 17.6. The number of benzene rings is 1. The van der Waals surface area contributed by atoms with E-state index in [1.54, 1.807) is 12.1 Å². The lowest BCUT2D eigenvalue weighted by atomic mass is 9.80. The molecule has 1 aromatic rings. The van der Waals surface area contributed by atoms with Crippen LogP contribution in [0.5, 0.6) is 0 Å². The lowest BCUT2D eigenvalue weighted by Crippen LogP contribution is -2.29. The van der Waals surface area contributed by atoms with Crippen LogP contribution in [0.3, 0.4) is 0 Å². The van der Waals surface area contributed by atoms with E-state index in [1.165, 1.54) is 12.3 Å². The van der Waals surface area contributed by atoms with E-state index in [1.807, 2.05) is 19.0 Å². The summed E-state index contributed by atoms with van der Waals surface area (Å²) in [5.74, 6) is -1.52. The summed E-state index contributed by atoms with van der Waals surface area (Å²) in [7, 11) is 3.88. The topological polar surface area (TPSA) is 49.4 Å².